The zero-order chi connectivity index (χ0) is 17.7. The van der Waals surface area contributed by atoms with Crippen molar-refractivity contribution in [3.63, 3.8) is 0 Å². The fourth-order valence-electron chi connectivity index (χ4n) is 3.96. The molecule has 0 spiro atoms. The minimum absolute atomic E-state index is 0.00293. The van der Waals surface area contributed by atoms with Crippen LogP contribution in [0.1, 0.15) is 72.9 Å². The predicted molar refractivity (Wildman–Crippen MR) is 93.2 cm³/mol. The Kier molecular flexibility index (Phi) is 3.89. The summed E-state index contributed by atoms with van der Waals surface area (Å²) in [4.78, 5) is 14.9. The molecule has 134 valence electrons. The summed E-state index contributed by atoms with van der Waals surface area (Å²) in [5, 5.41) is 13.0. The van der Waals surface area contributed by atoms with Gasteiger partial charge in [0.15, 0.2) is 11.5 Å². The monoisotopic (exact) mass is 342 g/mol. The van der Waals surface area contributed by atoms with Crippen molar-refractivity contribution < 1.29 is 4.79 Å². The van der Waals surface area contributed by atoms with Crippen molar-refractivity contribution in [2.24, 2.45) is 13.0 Å². The third kappa shape index (κ3) is 2.96. The molecule has 0 bridgehead atoms. The number of aryl methyl sites for hydroxylation is 2. The van der Waals surface area contributed by atoms with E-state index in [0.717, 1.165) is 18.1 Å². The van der Waals surface area contributed by atoms with Gasteiger partial charge in [0.25, 0.3) is 5.91 Å². The molecule has 2 aliphatic rings. The van der Waals surface area contributed by atoms with E-state index in [4.69, 9.17) is 0 Å². The van der Waals surface area contributed by atoms with Gasteiger partial charge in [-0.25, -0.2) is 0 Å². The summed E-state index contributed by atoms with van der Waals surface area (Å²) in [5.74, 6) is 2.94. The molecule has 7 heteroatoms. The summed E-state index contributed by atoms with van der Waals surface area (Å²) in [6.07, 6.45) is 3.41. The molecular formula is C18H26N6O. The van der Waals surface area contributed by atoms with Crippen LogP contribution in [0.3, 0.4) is 0 Å². The first-order valence-corrected chi connectivity index (χ1v) is 9.17. The van der Waals surface area contributed by atoms with Gasteiger partial charge in [-0.1, -0.05) is 13.8 Å². The van der Waals surface area contributed by atoms with Gasteiger partial charge in [-0.15, -0.1) is 10.2 Å². The summed E-state index contributed by atoms with van der Waals surface area (Å²) in [7, 11) is 1.93. The molecular weight excluding hydrogens is 316 g/mol. The molecule has 1 saturated carbocycles. The maximum atomic E-state index is 13.0. The van der Waals surface area contributed by atoms with Crippen LogP contribution in [0.2, 0.25) is 0 Å². The van der Waals surface area contributed by atoms with Gasteiger partial charge in [0, 0.05) is 25.2 Å². The predicted octanol–water partition coefficient (Wildman–Crippen LogP) is 2.44. The summed E-state index contributed by atoms with van der Waals surface area (Å²) >= 11 is 0. The van der Waals surface area contributed by atoms with Crippen LogP contribution in [0, 0.1) is 12.8 Å². The fraction of sp³-hybridized carbons (Fsp3) is 0.667. The highest BCUT2D eigenvalue weighted by Crippen LogP contribution is 2.40. The average Bonchev–Trinajstić information content (AvgIpc) is 3.23. The van der Waals surface area contributed by atoms with Crippen molar-refractivity contribution in [3.8, 4) is 0 Å². The number of nitrogens with zero attached hydrogens (tertiary/aromatic N) is 6. The Labute approximate surface area is 148 Å². The van der Waals surface area contributed by atoms with E-state index in [1.165, 1.54) is 18.5 Å². The lowest BCUT2D eigenvalue weighted by Crippen LogP contribution is -2.42. The van der Waals surface area contributed by atoms with Gasteiger partial charge >= 0.3 is 0 Å². The van der Waals surface area contributed by atoms with Gasteiger partial charge in [0.1, 0.15) is 5.82 Å². The molecule has 0 radical (unpaired) electrons. The number of carbonyl (C=O) groups is 1. The first-order valence-electron chi connectivity index (χ1n) is 9.17. The smallest absolute Gasteiger partial charge is 0.274 e. The lowest BCUT2D eigenvalue weighted by atomic mass is 10.0. The lowest BCUT2D eigenvalue weighted by Gasteiger charge is -2.34. The van der Waals surface area contributed by atoms with Crippen LogP contribution >= 0.6 is 0 Å². The molecule has 7 nitrogen and oxygen atoms in total. The molecule has 1 aliphatic heterocycles. The number of hydrogen-bond acceptors (Lipinski definition) is 4. The molecule has 0 saturated heterocycles. The zero-order valence-electron chi connectivity index (χ0n) is 15.4. The fourth-order valence-corrected chi connectivity index (χ4v) is 3.96. The molecule has 1 aliphatic carbocycles. The van der Waals surface area contributed by atoms with Crippen molar-refractivity contribution in [2.75, 3.05) is 6.54 Å². The molecule has 0 N–H and O–H groups in total. The number of fused-ring (bicyclic) bond motifs is 1. The third-order valence-corrected chi connectivity index (χ3v) is 5.23. The highest BCUT2D eigenvalue weighted by molar-refractivity contribution is 5.92. The maximum Gasteiger partial charge on any atom is 0.274 e. The average molecular weight is 342 g/mol. The van der Waals surface area contributed by atoms with Crippen LogP contribution in [-0.2, 0) is 13.6 Å². The molecule has 4 rings (SSSR count). The van der Waals surface area contributed by atoms with Crippen LogP contribution in [-0.4, -0.2) is 41.9 Å². The summed E-state index contributed by atoms with van der Waals surface area (Å²) in [5.41, 5.74) is 1.73. The van der Waals surface area contributed by atoms with Crippen molar-refractivity contribution in [2.45, 2.75) is 58.5 Å². The highest BCUT2D eigenvalue weighted by Gasteiger charge is 2.34. The van der Waals surface area contributed by atoms with E-state index < -0.39 is 0 Å². The van der Waals surface area contributed by atoms with Crippen LogP contribution in [0.5, 0.6) is 0 Å². The van der Waals surface area contributed by atoms with E-state index in [-0.39, 0.29) is 11.9 Å². The van der Waals surface area contributed by atoms with Crippen LogP contribution in [0.15, 0.2) is 6.07 Å². The molecule has 1 amide bonds. The summed E-state index contributed by atoms with van der Waals surface area (Å²) < 4.78 is 4.07. The Hall–Kier alpha value is -2.18. The third-order valence-electron chi connectivity index (χ3n) is 5.23. The summed E-state index contributed by atoms with van der Waals surface area (Å²) in [6, 6.07) is 2.21. The van der Waals surface area contributed by atoms with Gasteiger partial charge in [-0.3, -0.25) is 9.48 Å². The quantitative estimate of drug-likeness (QED) is 0.856. The number of amides is 1. The Balaban J connectivity index is 1.60. The van der Waals surface area contributed by atoms with Gasteiger partial charge in [0.05, 0.1) is 12.6 Å². The van der Waals surface area contributed by atoms with Gasteiger partial charge < -0.3 is 9.47 Å². The minimum Gasteiger partial charge on any atom is -0.328 e. The Morgan fingerprint density at radius 1 is 1.32 bits per heavy atom. The minimum atomic E-state index is 0.00293. The Morgan fingerprint density at radius 2 is 2.08 bits per heavy atom. The number of carbonyl (C=O) groups excluding carboxylic acids is 1. The molecule has 2 aromatic heterocycles. The van der Waals surface area contributed by atoms with E-state index in [9.17, 15) is 4.79 Å². The number of hydrogen-bond donors (Lipinski definition) is 0. The number of aromatic nitrogens is 5. The Bertz CT molecular complexity index is 801. The second-order valence-electron chi connectivity index (χ2n) is 7.85. The second kappa shape index (κ2) is 5.97. The van der Waals surface area contributed by atoms with Gasteiger partial charge in [-0.05, 0) is 38.2 Å². The van der Waals surface area contributed by atoms with Crippen molar-refractivity contribution in [1.29, 1.82) is 0 Å². The normalized spacial score (nSPS) is 20.2. The van der Waals surface area contributed by atoms with Crippen molar-refractivity contribution >= 4 is 5.91 Å². The largest absolute Gasteiger partial charge is 0.328 e. The lowest BCUT2D eigenvalue weighted by molar-refractivity contribution is 0.0654. The Morgan fingerprint density at radius 3 is 2.76 bits per heavy atom. The van der Waals surface area contributed by atoms with Crippen LogP contribution < -0.4 is 0 Å². The molecule has 2 aromatic rings. The summed E-state index contributed by atoms with van der Waals surface area (Å²) in [6.45, 7) is 7.60. The van der Waals surface area contributed by atoms with E-state index in [1.54, 1.807) is 0 Å². The maximum absolute atomic E-state index is 13.0. The molecule has 25 heavy (non-hydrogen) atoms. The van der Waals surface area contributed by atoms with Gasteiger partial charge in [0.2, 0.25) is 0 Å². The van der Waals surface area contributed by atoms with Crippen LogP contribution in [0.4, 0.5) is 0 Å². The van der Waals surface area contributed by atoms with E-state index in [2.05, 4.69) is 33.7 Å². The molecule has 1 atom stereocenters. The zero-order valence-corrected chi connectivity index (χ0v) is 15.4. The molecule has 0 aromatic carbocycles. The topological polar surface area (TPSA) is 68.8 Å². The second-order valence-corrected chi connectivity index (χ2v) is 7.85. The molecule has 3 heterocycles. The van der Waals surface area contributed by atoms with Gasteiger partial charge in [-0.2, -0.15) is 5.10 Å². The van der Waals surface area contributed by atoms with Crippen LogP contribution in [0.25, 0.3) is 0 Å². The van der Waals surface area contributed by atoms with Crippen molar-refractivity contribution in [1.82, 2.24) is 29.4 Å². The van der Waals surface area contributed by atoms with E-state index in [1.807, 2.05) is 29.6 Å². The van der Waals surface area contributed by atoms with E-state index in [0.29, 0.717) is 30.6 Å². The first-order chi connectivity index (χ1) is 11.9. The standard InChI is InChI=1S/C18H26N6O/c1-11(2)7-14-9-23(10-17-20-19-12(3)24(14)17)18(25)15-8-16(13-5-6-13)22(4)21-15/h8,11,13-14H,5-7,9-10H2,1-4H3/t14-/m0/s1. The molecule has 0 unspecified atom stereocenters. The molecule has 1 fully saturated rings. The number of rotatable bonds is 4. The van der Waals surface area contributed by atoms with E-state index >= 15 is 0 Å². The highest BCUT2D eigenvalue weighted by atomic mass is 16.2. The SMILES string of the molecule is Cc1nnc2n1[C@@H](CC(C)C)CN(C(=O)c1cc(C3CC3)n(C)n1)C2. The van der Waals surface area contributed by atoms with Crippen molar-refractivity contribution in [3.05, 3.63) is 29.1 Å². The first kappa shape index (κ1) is 16.3.